The first kappa shape index (κ1) is 14.3. The van der Waals surface area contributed by atoms with E-state index in [1.165, 1.54) is 32.4 Å². The van der Waals surface area contributed by atoms with E-state index in [1.807, 2.05) is 0 Å². The molecule has 1 aromatic heterocycles. The molecule has 1 fully saturated rings. The molecule has 0 amide bonds. The van der Waals surface area contributed by atoms with Crippen LogP contribution in [0.15, 0.2) is 29.4 Å². The van der Waals surface area contributed by atoms with Gasteiger partial charge in [0.05, 0.1) is 5.69 Å². The first-order chi connectivity index (χ1) is 10.3. The molecule has 0 radical (unpaired) electrons. The number of thioether (sulfide) groups is 1. The number of aromatic nitrogens is 4. The minimum Gasteiger partial charge on any atom is -0.508 e. The molecule has 112 valence electrons. The summed E-state index contributed by atoms with van der Waals surface area (Å²) in [6.07, 6.45) is 3.99. The van der Waals surface area contributed by atoms with Crippen molar-refractivity contribution in [1.29, 1.82) is 0 Å². The fourth-order valence-electron chi connectivity index (χ4n) is 2.47. The Labute approximate surface area is 128 Å². The second kappa shape index (κ2) is 6.91. The fraction of sp³-hybridized carbons (Fsp3) is 0.500. The summed E-state index contributed by atoms with van der Waals surface area (Å²) in [6.45, 7) is 3.50. The van der Waals surface area contributed by atoms with Crippen LogP contribution in [0, 0.1) is 0 Å². The number of likely N-dealkylation sites (tertiary alicyclic amines) is 1. The van der Waals surface area contributed by atoms with Gasteiger partial charge in [-0.05, 0) is 60.6 Å². The Kier molecular flexibility index (Phi) is 4.72. The van der Waals surface area contributed by atoms with Crippen molar-refractivity contribution in [2.24, 2.45) is 0 Å². The fourth-order valence-corrected chi connectivity index (χ4v) is 3.36. The quantitative estimate of drug-likeness (QED) is 0.852. The Morgan fingerprint density at radius 1 is 1.10 bits per heavy atom. The number of benzene rings is 1. The highest BCUT2D eigenvalue weighted by Crippen LogP contribution is 2.20. The molecule has 7 heteroatoms. The monoisotopic (exact) mass is 305 g/mol. The van der Waals surface area contributed by atoms with Gasteiger partial charge in [-0.15, -0.1) is 5.10 Å². The van der Waals surface area contributed by atoms with Gasteiger partial charge in [0.15, 0.2) is 0 Å². The van der Waals surface area contributed by atoms with Crippen LogP contribution in [0.4, 0.5) is 0 Å². The van der Waals surface area contributed by atoms with Gasteiger partial charge in [-0.2, -0.15) is 4.68 Å². The van der Waals surface area contributed by atoms with Crippen LogP contribution in [0.1, 0.15) is 19.3 Å². The molecule has 0 spiro atoms. The van der Waals surface area contributed by atoms with Gasteiger partial charge in [-0.3, -0.25) is 0 Å². The highest BCUT2D eigenvalue weighted by molar-refractivity contribution is 7.99. The average molecular weight is 305 g/mol. The van der Waals surface area contributed by atoms with E-state index in [0.717, 1.165) is 23.1 Å². The predicted octanol–water partition coefficient (Wildman–Crippen LogP) is 1.95. The molecule has 3 rings (SSSR count). The van der Waals surface area contributed by atoms with E-state index in [1.54, 1.807) is 40.7 Å². The van der Waals surface area contributed by atoms with E-state index >= 15 is 0 Å². The van der Waals surface area contributed by atoms with Crippen LogP contribution < -0.4 is 0 Å². The Morgan fingerprint density at radius 2 is 1.86 bits per heavy atom. The van der Waals surface area contributed by atoms with Gasteiger partial charge >= 0.3 is 0 Å². The van der Waals surface area contributed by atoms with E-state index in [4.69, 9.17) is 0 Å². The summed E-state index contributed by atoms with van der Waals surface area (Å²) in [5.74, 6) is 1.23. The number of aromatic hydroxyl groups is 1. The molecule has 0 unspecified atom stereocenters. The van der Waals surface area contributed by atoms with E-state index < -0.39 is 0 Å². The number of rotatable bonds is 5. The third-order valence-electron chi connectivity index (χ3n) is 3.62. The standard InChI is InChI=1S/C14H19N5OS/c20-13-6-4-12(5-7-13)19-14(15-16-17-19)21-11-10-18-8-2-1-3-9-18/h4-7,20H,1-3,8-11H2. The van der Waals surface area contributed by atoms with Crippen molar-refractivity contribution >= 4 is 11.8 Å². The van der Waals surface area contributed by atoms with Gasteiger partial charge in [-0.1, -0.05) is 18.2 Å². The van der Waals surface area contributed by atoms with Gasteiger partial charge < -0.3 is 10.0 Å². The van der Waals surface area contributed by atoms with E-state index in [-0.39, 0.29) is 5.75 Å². The van der Waals surface area contributed by atoms with Crippen molar-refractivity contribution in [1.82, 2.24) is 25.1 Å². The van der Waals surface area contributed by atoms with Crippen LogP contribution in [0.25, 0.3) is 5.69 Å². The molecule has 6 nitrogen and oxygen atoms in total. The summed E-state index contributed by atoms with van der Waals surface area (Å²) >= 11 is 1.67. The van der Waals surface area contributed by atoms with Gasteiger partial charge in [0.25, 0.3) is 0 Å². The topological polar surface area (TPSA) is 67.1 Å². The lowest BCUT2D eigenvalue weighted by molar-refractivity contribution is 0.242. The first-order valence-electron chi connectivity index (χ1n) is 7.26. The van der Waals surface area contributed by atoms with E-state index in [2.05, 4.69) is 20.4 Å². The molecule has 2 heterocycles. The summed E-state index contributed by atoms with van der Waals surface area (Å²) < 4.78 is 1.71. The SMILES string of the molecule is Oc1ccc(-n2nnnc2SCCN2CCCCC2)cc1. The second-order valence-corrected chi connectivity index (χ2v) is 6.20. The normalized spacial score (nSPS) is 16.2. The smallest absolute Gasteiger partial charge is 0.214 e. The number of phenolic OH excluding ortho intramolecular Hbond substituents is 1. The van der Waals surface area contributed by atoms with Gasteiger partial charge in [0.2, 0.25) is 5.16 Å². The van der Waals surface area contributed by atoms with E-state index in [0.29, 0.717) is 0 Å². The molecule has 0 bridgehead atoms. The van der Waals surface area contributed by atoms with Crippen LogP contribution in [0.2, 0.25) is 0 Å². The third-order valence-corrected chi connectivity index (χ3v) is 4.52. The van der Waals surface area contributed by atoms with Crippen LogP contribution in [-0.2, 0) is 0 Å². The molecule has 1 saturated heterocycles. The average Bonchev–Trinajstić information content (AvgIpc) is 2.98. The minimum absolute atomic E-state index is 0.242. The second-order valence-electron chi connectivity index (χ2n) is 5.14. The molecule has 0 atom stereocenters. The summed E-state index contributed by atoms with van der Waals surface area (Å²) in [5.41, 5.74) is 0.860. The largest absolute Gasteiger partial charge is 0.508 e. The maximum absolute atomic E-state index is 9.34. The molecule has 0 saturated carbocycles. The van der Waals surface area contributed by atoms with Crippen LogP contribution in [0.3, 0.4) is 0 Å². The lowest BCUT2D eigenvalue weighted by atomic mass is 10.1. The zero-order valence-electron chi connectivity index (χ0n) is 11.9. The molecule has 1 aliphatic rings. The third kappa shape index (κ3) is 3.74. The van der Waals surface area contributed by atoms with Crippen molar-refractivity contribution in [2.75, 3.05) is 25.4 Å². The first-order valence-corrected chi connectivity index (χ1v) is 8.24. The Hall–Kier alpha value is -1.60. The number of piperidine rings is 1. The van der Waals surface area contributed by atoms with Gasteiger partial charge in [0.1, 0.15) is 5.75 Å². The molecule has 1 aromatic carbocycles. The molecule has 2 aromatic rings. The van der Waals surface area contributed by atoms with Crippen molar-refractivity contribution in [2.45, 2.75) is 24.4 Å². The van der Waals surface area contributed by atoms with Gasteiger partial charge in [0, 0.05) is 12.3 Å². The zero-order valence-corrected chi connectivity index (χ0v) is 12.7. The molecular weight excluding hydrogens is 286 g/mol. The minimum atomic E-state index is 0.242. The molecule has 21 heavy (non-hydrogen) atoms. The summed E-state index contributed by atoms with van der Waals surface area (Å²) in [6, 6.07) is 6.89. The highest BCUT2D eigenvalue weighted by Gasteiger charge is 2.12. The summed E-state index contributed by atoms with van der Waals surface area (Å²) in [5, 5.41) is 22.0. The zero-order chi connectivity index (χ0) is 14.5. The van der Waals surface area contributed by atoms with Crippen molar-refractivity contribution < 1.29 is 5.11 Å². The number of hydrogen-bond acceptors (Lipinski definition) is 6. The van der Waals surface area contributed by atoms with Crippen molar-refractivity contribution in [3.8, 4) is 11.4 Å². The maximum atomic E-state index is 9.34. The van der Waals surface area contributed by atoms with Gasteiger partial charge in [-0.25, -0.2) is 0 Å². The van der Waals surface area contributed by atoms with Crippen molar-refractivity contribution in [3.05, 3.63) is 24.3 Å². The lowest BCUT2D eigenvalue weighted by Crippen LogP contribution is -2.31. The number of phenols is 1. The molecule has 1 N–H and O–H groups in total. The number of hydrogen-bond donors (Lipinski definition) is 1. The Morgan fingerprint density at radius 3 is 2.62 bits per heavy atom. The Balaban J connectivity index is 1.59. The van der Waals surface area contributed by atoms with Crippen LogP contribution >= 0.6 is 11.8 Å². The summed E-state index contributed by atoms with van der Waals surface area (Å²) in [7, 11) is 0. The molecule has 1 aliphatic heterocycles. The Bertz CT molecular complexity index is 565. The van der Waals surface area contributed by atoms with E-state index in [9.17, 15) is 5.11 Å². The number of tetrazole rings is 1. The number of nitrogens with zero attached hydrogens (tertiary/aromatic N) is 5. The highest BCUT2D eigenvalue weighted by atomic mass is 32.2. The molecular formula is C14H19N5OS. The van der Waals surface area contributed by atoms with Crippen LogP contribution in [-0.4, -0.2) is 55.6 Å². The maximum Gasteiger partial charge on any atom is 0.214 e. The van der Waals surface area contributed by atoms with Crippen LogP contribution in [0.5, 0.6) is 5.75 Å². The summed E-state index contributed by atoms with van der Waals surface area (Å²) in [4.78, 5) is 2.51. The lowest BCUT2D eigenvalue weighted by Gasteiger charge is -2.25. The van der Waals surface area contributed by atoms with Crippen molar-refractivity contribution in [3.63, 3.8) is 0 Å². The predicted molar refractivity (Wildman–Crippen MR) is 81.8 cm³/mol. The molecule has 0 aliphatic carbocycles.